The minimum absolute atomic E-state index is 0.160. The van der Waals surface area contributed by atoms with Gasteiger partial charge in [-0.25, -0.2) is 4.68 Å². The second-order valence-corrected chi connectivity index (χ2v) is 6.58. The molecule has 2 N–H and O–H groups in total. The van der Waals surface area contributed by atoms with E-state index in [1.165, 1.54) is 0 Å². The fourth-order valence-corrected chi connectivity index (χ4v) is 2.71. The summed E-state index contributed by atoms with van der Waals surface area (Å²) in [5, 5.41) is 8.89. The SMILES string of the molecule is NC(=O)COc1ccc(-c2noc(-c3ccnn3COc3ccc(Cl)cc3)n2)cc1. The van der Waals surface area contributed by atoms with Crippen LogP contribution in [0.15, 0.2) is 65.3 Å². The zero-order valence-electron chi connectivity index (χ0n) is 15.6. The summed E-state index contributed by atoms with van der Waals surface area (Å²) in [4.78, 5) is 15.2. The van der Waals surface area contributed by atoms with E-state index in [4.69, 9.17) is 31.3 Å². The Hall–Kier alpha value is -3.85. The Labute approximate surface area is 176 Å². The van der Waals surface area contributed by atoms with Gasteiger partial charge in [0.25, 0.3) is 11.8 Å². The van der Waals surface area contributed by atoms with Gasteiger partial charge in [0, 0.05) is 16.8 Å². The van der Waals surface area contributed by atoms with Crippen molar-refractivity contribution in [2.24, 2.45) is 5.73 Å². The Morgan fingerprint density at radius 1 is 1.03 bits per heavy atom. The number of nitrogens with zero attached hydrogens (tertiary/aromatic N) is 4. The number of hydrogen-bond acceptors (Lipinski definition) is 7. The van der Waals surface area contributed by atoms with Gasteiger partial charge in [-0.1, -0.05) is 16.8 Å². The van der Waals surface area contributed by atoms with Crippen LogP contribution < -0.4 is 15.2 Å². The van der Waals surface area contributed by atoms with E-state index < -0.39 is 5.91 Å². The van der Waals surface area contributed by atoms with Crippen molar-refractivity contribution in [1.29, 1.82) is 0 Å². The molecule has 0 atom stereocenters. The van der Waals surface area contributed by atoms with Crippen molar-refractivity contribution >= 4 is 17.5 Å². The zero-order valence-corrected chi connectivity index (χ0v) is 16.3. The first-order chi connectivity index (χ1) is 14.6. The lowest BCUT2D eigenvalue weighted by Crippen LogP contribution is -2.19. The number of carbonyl (C=O) groups is 1. The number of rotatable bonds is 8. The summed E-state index contributed by atoms with van der Waals surface area (Å²) >= 11 is 5.88. The molecule has 4 rings (SSSR count). The van der Waals surface area contributed by atoms with E-state index in [-0.39, 0.29) is 13.3 Å². The third-order valence-electron chi connectivity index (χ3n) is 4.02. The zero-order chi connectivity index (χ0) is 20.9. The van der Waals surface area contributed by atoms with Gasteiger partial charge in [0.1, 0.15) is 17.2 Å². The molecule has 0 bridgehead atoms. The average Bonchev–Trinajstić information content (AvgIpc) is 3.41. The summed E-state index contributed by atoms with van der Waals surface area (Å²) < 4.78 is 18.0. The number of benzene rings is 2. The summed E-state index contributed by atoms with van der Waals surface area (Å²) in [6.07, 6.45) is 1.62. The van der Waals surface area contributed by atoms with Crippen LogP contribution >= 0.6 is 11.6 Å². The lowest BCUT2D eigenvalue weighted by Gasteiger charge is -2.07. The van der Waals surface area contributed by atoms with Crippen molar-refractivity contribution in [3.05, 3.63) is 65.8 Å². The molecule has 30 heavy (non-hydrogen) atoms. The van der Waals surface area contributed by atoms with Gasteiger partial charge in [0.2, 0.25) is 5.82 Å². The van der Waals surface area contributed by atoms with Crippen LogP contribution in [-0.4, -0.2) is 32.4 Å². The molecule has 2 aromatic heterocycles. The molecule has 4 aromatic rings. The van der Waals surface area contributed by atoms with Crippen LogP contribution in [0.1, 0.15) is 0 Å². The molecule has 0 aliphatic carbocycles. The van der Waals surface area contributed by atoms with E-state index >= 15 is 0 Å². The third-order valence-corrected chi connectivity index (χ3v) is 4.27. The van der Waals surface area contributed by atoms with Gasteiger partial charge in [-0.05, 0) is 54.6 Å². The highest BCUT2D eigenvalue weighted by Gasteiger charge is 2.15. The van der Waals surface area contributed by atoms with E-state index in [0.29, 0.717) is 33.9 Å². The molecule has 0 fully saturated rings. The highest BCUT2D eigenvalue weighted by atomic mass is 35.5. The van der Waals surface area contributed by atoms with Crippen LogP contribution in [0.25, 0.3) is 23.0 Å². The molecule has 0 spiro atoms. The number of halogens is 1. The standard InChI is InChI=1S/C20H16ClN5O4/c21-14-3-7-16(8-4-14)29-12-26-17(9-10-23-26)20-24-19(25-30-20)13-1-5-15(6-2-13)28-11-18(22)27/h1-10H,11-12H2,(H2,22,27). The quantitative estimate of drug-likeness (QED) is 0.460. The third kappa shape index (κ3) is 4.58. The predicted molar refractivity (Wildman–Crippen MR) is 108 cm³/mol. The first-order valence-corrected chi connectivity index (χ1v) is 9.22. The molecule has 0 saturated carbocycles. The second-order valence-electron chi connectivity index (χ2n) is 6.15. The predicted octanol–water partition coefficient (Wildman–Crippen LogP) is 3.15. The fourth-order valence-electron chi connectivity index (χ4n) is 2.58. The van der Waals surface area contributed by atoms with Gasteiger partial charge in [0.05, 0.1) is 0 Å². The van der Waals surface area contributed by atoms with Gasteiger partial charge < -0.3 is 19.7 Å². The first-order valence-electron chi connectivity index (χ1n) is 8.84. The Morgan fingerprint density at radius 2 is 1.73 bits per heavy atom. The fraction of sp³-hybridized carbons (Fsp3) is 0.100. The molecule has 0 radical (unpaired) electrons. The molecule has 152 valence electrons. The van der Waals surface area contributed by atoms with Gasteiger partial charge in [-0.15, -0.1) is 0 Å². The molecule has 2 aromatic carbocycles. The Morgan fingerprint density at radius 3 is 2.47 bits per heavy atom. The van der Waals surface area contributed by atoms with Gasteiger partial charge in [-0.2, -0.15) is 10.1 Å². The maximum Gasteiger partial charge on any atom is 0.276 e. The van der Waals surface area contributed by atoms with Gasteiger partial charge in [-0.3, -0.25) is 4.79 Å². The van der Waals surface area contributed by atoms with E-state index in [1.807, 2.05) is 0 Å². The summed E-state index contributed by atoms with van der Waals surface area (Å²) in [7, 11) is 0. The lowest BCUT2D eigenvalue weighted by atomic mass is 10.2. The summed E-state index contributed by atoms with van der Waals surface area (Å²) in [6.45, 7) is -0.0264. The minimum atomic E-state index is -0.543. The molecule has 0 aliphatic heterocycles. The molecule has 0 unspecified atom stereocenters. The summed E-state index contributed by atoms with van der Waals surface area (Å²) in [5.41, 5.74) is 6.40. The highest BCUT2D eigenvalue weighted by molar-refractivity contribution is 6.30. The van der Waals surface area contributed by atoms with E-state index in [0.717, 1.165) is 5.56 Å². The van der Waals surface area contributed by atoms with Crippen LogP contribution in [0, 0.1) is 0 Å². The monoisotopic (exact) mass is 425 g/mol. The number of amides is 1. The van der Waals surface area contributed by atoms with Crippen LogP contribution in [0.5, 0.6) is 11.5 Å². The number of carbonyl (C=O) groups excluding carboxylic acids is 1. The molecule has 1 amide bonds. The molecular formula is C20H16ClN5O4. The van der Waals surface area contributed by atoms with Crippen LogP contribution in [0.2, 0.25) is 5.02 Å². The molecular weight excluding hydrogens is 410 g/mol. The van der Waals surface area contributed by atoms with Crippen LogP contribution in [0.4, 0.5) is 0 Å². The smallest absolute Gasteiger partial charge is 0.276 e. The molecule has 10 heteroatoms. The van der Waals surface area contributed by atoms with E-state index in [9.17, 15) is 4.79 Å². The van der Waals surface area contributed by atoms with Crippen molar-refractivity contribution in [2.75, 3.05) is 6.61 Å². The molecule has 0 aliphatic rings. The number of nitrogens with two attached hydrogens (primary N) is 1. The Bertz CT molecular complexity index is 1140. The molecule has 2 heterocycles. The second kappa shape index (κ2) is 8.66. The molecule has 9 nitrogen and oxygen atoms in total. The van der Waals surface area contributed by atoms with Gasteiger partial charge >= 0.3 is 0 Å². The maximum absolute atomic E-state index is 10.8. The number of aromatic nitrogens is 4. The number of primary amides is 1. The topological polar surface area (TPSA) is 118 Å². The average molecular weight is 426 g/mol. The molecule has 0 saturated heterocycles. The number of hydrogen-bond donors (Lipinski definition) is 1. The largest absolute Gasteiger partial charge is 0.484 e. The summed E-state index contributed by atoms with van der Waals surface area (Å²) in [6, 6.07) is 15.7. The lowest BCUT2D eigenvalue weighted by molar-refractivity contribution is -0.119. The van der Waals surface area contributed by atoms with Crippen molar-refractivity contribution in [3.8, 4) is 34.5 Å². The first kappa shape index (κ1) is 19.5. The van der Waals surface area contributed by atoms with E-state index in [2.05, 4.69) is 15.2 Å². The summed E-state index contributed by atoms with van der Waals surface area (Å²) in [5.74, 6) is 1.33. The van der Waals surface area contributed by atoms with Gasteiger partial charge in [0.15, 0.2) is 13.3 Å². The van der Waals surface area contributed by atoms with Crippen LogP contribution in [0.3, 0.4) is 0 Å². The normalized spacial score (nSPS) is 10.7. The van der Waals surface area contributed by atoms with Crippen molar-refractivity contribution in [3.63, 3.8) is 0 Å². The highest BCUT2D eigenvalue weighted by Crippen LogP contribution is 2.24. The van der Waals surface area contributed by atoms with E-state index in [1.54, 1.807) is 65.5 Å². The number of ether oxygens (including phenoxy) is 2. The minimum Gasteiger partial charge on any atom is -0.484 e. The van der Waals surface area contributed by atoms with Crippen molar-refractivity contribution in [1.82, 2.24) is 19.9 Å². The van der Waals surface area contributed by atoms with Crippen molar-refractivity contribution in [2.45, 2.75) is 6.73 Å². The maximum atomic E-state index is 10.8. The Balaban J connectivity index is 1.46. The Kier molecular flexibility index (Phi) is 5.62. The van der Waals surface area contributed by atoms with Crippen LogP contribution in [-0.2, 0) is 11.5 Å². The van der Waals surface area contributed by atoms with Crippen molar-refractivity contribution < 1.29 is 18.8 Å².